The maximum Gasteiger partial charge on any atom is 0.274 e. The Labute approximate surface area is 121 Å². The van der Waals surface area contributed by atoms with Crippen molar-refractivity contribution in [1.82, 2.24) is 14.8 Å². The molecule has 21 heavy (non-hydrogen) atoms. The van der Waals surface area contributed by atoms with E-state index in [1.165, 1.54) is 4.57 Å². The number of primary sulfonamides is 1. The Morgan fingerprint density at radius 3 is 2.57 bits per heavy atom. The van der Waals surface area contributed by atoms with Gasteiger partial charge in [-0.3, -0.25) is 4.57 Å². The third kappa shape index (κ3) is 2.81. The molecule has 1 saturated heterocycles. The van der Waals surface area contributed by atoms with E-state index >= 15 is 0 Å². The fourth-order valence-corrected chi connectivity index (χ4v) is 2.74. The zero-order valence-corrected chi connectivity index (χ0v) is 11.9. The monoisotopic (exact) mass is 310 g/mol. The molecule has 0 aliphatic carbocycles. The van der Waals surface area contributed by atoms with E-state index in [0.717, 1.165) is 0 Å². The summed E-state index contributed by atoms with van der Waals surface area (Å²) in [6.45, 7) is 1.20. The molecule has 0 spiro atoms. The molecular weight excluding hydrogens is 296 g/mol. The van der Waals surface area contributed by atoms with E-state index in [2.05, 4.69) is 10.2 Å². The van der Waals surface area contributed by atoms with Crippen LogP contribution in [-0.2, 0) is 19.5 Å². The molecule has 0 radical (unpaired) electrons. The summed E-state index contributed by atoms with van der Waals surface area (Å²) in [5.74, 6) is 0.352. The van der Waals surface area contributed by atoms with Gasteiger partial charge in [-0.15, -0.1) is 10.2 Å². The van der Waals surface area contributed by atoms with E-state index in [1.54, 1.807) is 24.3 Å². The topological polar surface area (TPSA) is 109 Å². The maximum atomic E-state index is 11.7. The molecule has 1 unspecified atom stereocenters. The molecule has 112 valence electrons. The van der Waals surface area contributed by atoms with Crippen LogP contribution in [0, 0.1) is 0 Å². The summed E-state index contributed by atoms with van der Waals surface area (Å²) in [6, 6.07) is 8.87. The second-order valence-corrected chi connectivity index (χ2v) is 5.95. The van der Waals surface area contributed by atoms with Gasteiger partial charge in [-0.1, -0.05) is 18.2 Å². The first-order valence-corrected chi connectivity index (χ1v) is 7.85. The largest absolute Gasteiger partial charge is 0.376 e. The molecule has 0 amide bonds. The highest BCUT2D eigenvalue weighted by atomic mass is 32.2. The van der Waals surface area contributed by atoms with Crippen molar-refractivity contribution in [2.45, 2.75) is 11.3 Å². The van der Waals surface area contributed by atoms with Crippen molar-refractivity contribution >= 4 is 10.0 Å². The molecule has 0 saturated carbocycles. The Kier molecular flexibility index (Phi) is 3.72. The number of hydrogen-bond acceptors (Lipinski definition) is 6. The minimum Gasteiger partial charge on any atom is -0.376 e. The summed E-state index contributed by atoms with van der Waals surface area (Å²) in [6.07, 6.45) is -0.484. The van der Waals surface area contributed by atoms with Crippen molar-refractivity contribution < 1.29 is 17.9 Å². The summed E-state index contributed by atoms with van der Waals surface area (Å²) >= 11 is 0. The molecule has 1 aromatic heterocycles. The number of sulfonamides is 1. The first-order chi connectivity index (χ1) is 10.1. The molecule has 1 aromatic carbocycles. The number of hydrogen-bond donors (Lipinski definition) is 1. The van der Waals surface area contributed by atoms with Gasteiger partial charge in [0, 0.05) is 5.69 Å². The third-order valence-corrected chi connectivity index (χ3v) is 3.80. The number of benzene rings is 1. The van der Waals surface area contributed by atoms with E-state index < -0.39 is 16.1 Å². The molecule has 1 aliphatic rings. The van der Waals surface area contributed by atoms with Gasteiger partial charge >= 0.3 is 0 Å². The fraction of sp³-hybridized carbons (Fsp3) is 0.333. The highest BCUT2D eigenvalue weighted by Crippen LogP contribution is 2.24. The predicted octanol–water partition coefficient (Wildman–Crippen LogP) is 0.00260. The zero-order valence-electron chi connectivity index (χ0n) is 11.0. The van der Waals surface area contributed by atoms with Crippen LogP contribution in [0.3, 0.4) is 0 Å². The molecule has 1 fully saturated rings. The van der Waals surface area contributed by atoms with Gasteiger partial charge in [-0.05, 0) is 12.1 Å². The summed E-state index contributed by atoms with van der Waals surface area (Å²) < 4.78 is 35.7. The molecule has 2 aromatic rings. The van der Waals surface area contributed by atoms with Crippen molar-refractivity contribution in [2.24, 2.45) is 5.14 Å². The lowest BCUT2D eigenvalue weighted by molar-refractivity contribution is -0.0942. The van der Waals surface area contributed by atoms with Crippen molar-refractivity contribution in [3.05, 3.63) is 36.2 Å². The Balaban J connectivity index is 2.15. The van der Waals surface area contributed by atoms with Crippen LogP contribution < -0.4 is 5.14 Å². The van der Waals surface area contributed by atoms with Crippen LogP contribution in [0.15, 0.2) is 35.5 Å². The Hall–Kier alpha value is -1.81. The van der Waals surface area contributed by atoms with Gasteiger partial charge in [-0.2, -0.15) is 0 Å². The molecule has 9 heteroatoms. The summed E-state index contributed by atoms with van der Waals surface area (Å²) in [7, 11) is -4.01. The lowest BCUT2D eigenvalue weighted by atomic mass is 10.3. The third-order valence-electron chi connectivity index (χ3n) is 3.03. The average Bonchev–Trinajstić information content (AvgIpc) is 2.94. The maximum absolute atomic E-state index is 11.7. The minimum absolute atomic E-state index is 0.287. The van der Waals surface area contributed by atoms with E-state index in [9.17, 15) is 8.42 Å². The molecule has 2 heterocycles. The first-order valence-electron chi connectivity index (χ1n) is 6.30. The van der Waals surface area contributed by atoms with Crippen LogP contribution in [-0.4, -0.2) is 43.0 Å². The second kappa shape index (κ2) is 5.53. The SMILES string of the molecule is NS(=O)(=O)c1nnc(C2COCCO2)n1-c1ccccc1. The van der Waals surface area contributed by atoms with E-state index in [4.69, 9.17) is 14.6 Å². The van der Waals surface area contributed by atoms with Crippen LogP contribution in [0.5, 0.6) is 0 Å². The normalized spacial score (nSPS) is 19.6. The number of ether oxygens (including phenoxy) is 2. The summed E-state index contributed by atoms with van der Waals surface area (Å²) in [4.78, 5) is 0. The Morgan fingerprint density at radius 2 is 1.95 bits per heavy atom. The van der Waals surface area contributed by atoms with Gasteiger partial charge in [-0.25, -0.2) is 13.6 Å². The molecule has 1 aliphatic heterocycles. The molecular formula is C12H14N4O4S. The van der Waals surface area contributed by atoms with Crippen molar-refractivity contribution in [3.8, 4) is 5.69 Å². The van der Waals surface area contributed by atoms with Crippen molar-refractivity contribution in [2.75, 3.05) is 19.8 Å². The van der Waals surface area contributed by atoms with Crippen LogP contribution >= 0.6 is 0 Å². The molecule has 1 atom stereocenters. The van der Waals surface area contributed by atoms with Gasteiger partial charge < -0.3 is 9.47 Å². The minimum atomic E-state index is -4.01. The van der Waals surface area contributed by atoms with Crippen LogP contribution in [0.4, 0.5) is 0 Å². The van der Waals surface area contributed by atoms with E-state index in [1.807, 2.05) is 6.07 Å². The smallest absolute Gasteiger partial charge is 0.274 e. The lowest BCUT2D eigenvalue weighted by Gasteiger charge is -2.22. The number of aromatic nitrogens is 3. The zero-order chi connectivity index (χ0) is 14.9. The quantitative estimate of drug-likeness (QED) is 0.854. The van der Waals surface area contributed by atoms with Gasteiger partial charge in [0.25, 0.3) is 15.2 Å². The molecule has 3 rings (SSSR count). The predicted molar refractivity (Wildman–Crippen MR) is 72.2 cm³/mol. The van der Waals surface area contributed by atoms with Crippen LogP contribution in [0.1, 0.15) is 11.9 Å². The number of nitrogens with zero attached hydrogens (tertiary/aromatic N) is 3. The summed E-state index contributed by atoms with van der Waals surface area (Å²) in [5.41, 5.74) is 0.593. The second-order valence-electron chi connectivity index (χ2n) is 4.49. The molecule has 0 bridgehead atoms. The average molecular weight is 310 g/mol. The number of rotatable bonds is 3. The Bertz CT molecular complexity index is 723. The first kappa shape index (κ1) is 14.1. The molecule has 2 N–H and O–H groups in total. The number of para-hydroxylation sites is 1. The van der Waals surface area contributed by atoms with Gasteiger partial charge in [0.15, 0.2) is 5.82 Å². The van der Waals surface area contributed by atoms with E-state index in [-0.39, 0.29) is 11.8 Å². The van der Waals surface area contributed by atoms with Crippen LogP contribution in [0.25, 0.3) is 5.69 Å². The van der Waals surface area contributed by atoms with Gasteiger partial charge in [0.1, 0.15) is 6.10 Å². The highest BCUT2D eigenvalue weighted by molar-refractivity contribution is 7.89. The van der Waals surface area contributed by atoms with Crippen molar-refractivity contribution in [3.63, 3.8) is 0 Å². The Morgan fingerprint density at radius 1 is 1.19 bits per heavy atom. The lowest BCUT2D eigenvalue weighted by Crippen LogP contribution is -2.25. The van der Waals surface area contributed by atoms with Crippen molar-refractivity contribution in [1.29, 1.82) is 0 Å². The summed E-state index contributed by atoms with van der Waals surface area (Å²) in [5, 5.41) is 12.5. The number of nitrogens with two attached hydrogens (primary N) is 1. The van der Waals surface area contributed by atoms with Gasteiger partial charge in [0.05, 0.1) is 19.8 Å². The highest BCUT2D eigenvalue weighted by Gasteiger charge is 2.29. The van der Waals surface area contributed by atoms with Crippen LogP contribution in [0.2, 0.25) is 0 Å². The van der Waals surface area contributed by atoms with Gasteiger partial charge in [0.2, 0.25) is 0 Å². The molecule has 8 nitrogen and oxygen atoms in total. The fourth-order valence-electron chi connectivity index (χ4n) is 2.13. The standard InChI is InChI=1S/C12H14N4O4S/c13-21(17,18)12-15-14-11(10-8-19-6-7-20-10)16(12)9-4-2-1-3-5-9/h1-5,10H,6-8H2,(H2,13,17,18). The van der Waals surface area contributed by atoms with E-state index in [0.29, 0.717) is 24.7 Å².